The van der Waals surface area contributed by atoms with Gasteiger partial charge >= 0.3 is 11.9 Å². The lowest BCUT2D eigenvalue weighted by Gasteiger charge is -2.03. The molecule has 1 heterocycles. The van der Waals surface area contributed by atoms with Crippen molar-refractivity contribution in [1.29, 1.82) is 0 Å². The maximum absolute atomic E-state index is 11.8. The predicted octanol–water partition coefficient (Wildman–Crippen LogP) is 4.14. The number of rotatable bonds is 1. The monoisotopic (exact) mass is 318 g/mol. The van der Waals surface area contributed by atoms with Crippen molar-refractivity contribution in [3.8, 4) is 11.1 Å². The van der Waals surface area contributed by atoms with E-state index >= 15 is 0 Å². The van der Waals surface area contributed by atoms with Gasteiger partial charge in [-0.1, -0.05) is 60.7 Å². The molecule has 1 aromatic heterocycles. The summed E-state index contributed by atoms with van der Waals surface area (Å²) < 4.78 is 35.3. The number of hydrogen-bond acceptors (Lipinski definition) is 2. The fourth-order valence-corrected chi connectivity index (χ4v) is 1.80. The van der Waals surface area contributed by atoms with E-state index in [1.54, 1.807) is 4.98 Å². The van der Waals surface area contributed by atoms with Gasteiger partial charge in [0.15, 0.2) is 0 Å². The van der Waals surface area contributed by atoms with Gasteiger partial charge in [0.25, 0.3) is 0 Å². The molecule has 0 amide bonds. The van der Waals surface area contributed by atoms with Crippen molar-refractivity contribution in [1.82, 2.24) is 9.97 Å². The van der Waals surface area contributed by atoms with Crippen molar-refractivity contribution in [2.24, 2.45) is 0 Å². The van der Waals surface area contributed by atoms with Gasteiger partial charge in [0.1, 0.15) is 5.69 Å². The second-order valence-electron chi connectivity index (χ2n) is 4.52. The van der Waals surface area contributed by atoms with Crippen LogP contribution in [-0.2, 0) is 6.18 Å². The summed E-state index contributed by atoms with van der Waals surface area (Å²) in [6, 6.07) is 21.5. The molecule has 0 aliphatic heterocycles. The average Bonchev–Trinajstić information content (AvgIpc) is 2.56. The standard InChI is InChI=1S/C12H10.C5H3F3N2O/c1-3-7-11(8-4-1)12-9-5-2-6-10-12;6-5(7,8)3-1-2-9-4(11)10-3/h1-10H;1-2H,(H,9,10,11). The van der Waals surface area contributed by atoms with Crippen LogP contribution in [0.3, 0.4) is 0 Å². The number of alkyl halides is 3. The number of halogens is 3. The highest BCUT2D eigenvalue weighted by Gasteiger charge is 2.31. The molecule has 0 spiro atoms. The number of benzene rings is 2. The van der Waals surface area contributed by atoms with Crippen LogP contribution in [0.5, 0.6) is 0 Å². The second kappa shape index (κ2) is 7.40. The highest BCUT2D eigenvalue weighted by Crippen LogP contribution is 2.25. The molecule has 1 N–H and O–H groups in total. The molecule has 3 nitrogen and oxygen atoms in total. The zero-order valence-electron chi connectivity index (χ0n) is 11.9. The van der Waals surface area contributed by atoms with Gasteiger partial charge in [0.05, 0.1) is 0 Å². The Balaban J connectivity index is 0.000000168. The van der Waals surface area contributed by atoms with Crippen LogP contribution in [0.2, 0.25) is 0 Å². The molecular formula is C17H13F3N2O. The Hall–Kier alpha value is -2.89. The van der Waals surface area contributed by atoms with Gasteiger partial charge in [-0.05, 0) is 17.2 Å². The molecular weight excluding hydrogens is 305 g/mol. The topological polar surface area (TPSA) is 45.8 Å². The van der Waals surface area contributed by atoms with Gasteiger partial charge in [0, 0.05) is 6.20 Å². The van der Waals surface area contributed by atoms with Crippen molar-refractivity contribution in [3.63, 3.8) is 0 Å². The number of nitrogens with zero attached hydrogens (tertiary/aromatic N) is 1. The maximum atomic E-state index is 11.8. The van der Waals surface area contributed by atoms with Crippen LogP contribution in [0, 0.1) is 0 Å². The smallest absolute Gasteiger partial charge is 0.302 e. The van der Waals surface area contributed by atoms with Crippen molar-refractivity contribution < 1.29 is 13.2 Å². The Labute approximate surface area is 130 Å². The summed E-state index contributed by atoms with van der Waals surface area (Å²) in [5.74, 6) is 0. The molecule has 6 heteroatoms. The molecule has 118 valence electrons. The normalized spacial score (nSPS) is 10.6. The van der Waals surface area contributed by atoms with E-state index in [-0.39, 0.29) is 0 Å². The van der Waals surface area contributed by atoms with Gasteiger partial charge in [-0.3, -0.25) is 0 Å². The van der Waals surface area contributed by atoms with Gasteiger partial charge in [-0.15, -0.1) is 0 Å². The van der Waals surface area contributed by atoms with Gasteiger partial charge < -0.3 is 4.98 Å². The predicted molar refractivity (Wildman–Crippen MR) is 81.7 cm³/mol. The average molecular weight is 318 g/mol. The minimum atomic E-state index is -4.51. The third kappa shape index (κ3) is 5.10. The first-order chi connectivity index (χ1) is 11.0. The number of nitrogens with one attached hydrogen (secondary N) is 1. The Kier molecular flexibility index (Phi) is 5.30. The lowest BCUT2D eigenvalue weighted by Crippen LogP contribution is -2.17. The van der Waals surface area contributed by atoms with E-state index in [4.69, 9.17) is 0 Å². The number of hydrogen-bond donors (Lipinski definition) is 1. The van der Waals surface area contributed by atoms with Crippen LogP contribution in [0.25, 0.3) is 11.1 Å². The molecule has 0 aliphatic rings. The molecule has 0 saturated heterocycles. The highest BCUT2D eigenvalue weighted by molar-refractivity contribution is 5.62. The Morgan fingerprint density at radius 1 is 0.783 bits per heavy atom. The number of aromatic amines is 1. The van der Waals surface area contributed by atoms with Gasteiger partial charge in [0.2, 0.25) is 0 Å². The highest BCUT2D eigenvalue weighted by atomic mass is 19.4. The van der Waals surface area contributed by atoms with E-state index < -0.39 is 17.6 Å². The lowest BCUT2D eigenvalue weighted by molar-refractivity contribution is -0.141. The van der Waals surface area contributed by atoms with Crippen molar-refractivity contribution in [2.45, 2.75) is 6.18 Å². The van der Waals surface area contributed by atoms with Crippen LogP contribution < -0.4 is 5.69 Å². The van der Waals surface area contributed by atoms with Crippen molar-refractivity contribution >= 4 is 0 Å². The quantitative estimate of drug-likeness (QED) is 0.733. The van der Waals surface area contributed by atoms with E-state index in [2.05, 4.69) is 53.5 Å². The fourth-order valence-electron chi connectivity index (χ4n) is 1.80. The summed E-state index contributed by atoms with van der Waals surface area (Å²) in [6.45, 7) is 0. The zero-order chi connectivity index (χ0) is 16.7. The fraction of sp³-hybridized carbons (Fsp3) is 0.0588. The Bertz CT molecular complexity index is 746. The zero-order valence-corrected chi connectivity index (χ0v) is 11.9. The van der Waals surface area contributed by atoms with Crippen LogP contribution in [0.15, 0.2) is 77.7 Å². The van der Waals surface area contributed by atoms with Gasteiger partial charge in [-0.25, -0.2) is 9.78 Å². The first kappa shape index (κ1) is 16.5. The molecule has 2 aromatic carbocycles. The SMILES string of the molecule is O=c1nccc(C(F)(F)F)[nH]1.c1ccc(-c2ccccc2)cc1. The summed E-state index contributed by atoms with van der Waals surface area (Å²) in [5.41, 5.74) is 0.466. The summed E-state index contributed by atoms with van der Waals surface area (Å²) >= 11 is 0. The molecule has 0 aliphatic carbocycles. The molecule has 0 bridgehead atoms. The summed E-state index contributed by atoms with van der Waals surface area (Å²) in [5, 5.41) is 0. The lowest BCUT2D eigenvalue weighted by atomic mass is 10.1. The van der Waals surface area contributed by atoms with Gasteiger partial charge in [-0.2, -0.15) is 13.2 Å². The van der Waals surface area contributed by atoms with Crippen LogP contribution in [0.4, 0.5) is 13.2 Å². The number of aromatic nitrogens is 2. The second-order valence-corrected chi connectivity index (χ2v) is 4.52. The van der Waals surface area contributed by atoms with Crippen LogP contribution >= 0.6 is 0 Å². The number of H-pyrrole nitrogens is 1. The molecule has 0 saturated carbocycles. The maximum Gasteiger partial charge on any atom is 0.431 e. The minimum Gasteiger partial charge on any atom is -0.302 e. The van der Waals surface area contributed by atoms with Crippen molar-refractivity contribution in [3.05, 3.63) is 89.1 Å². The molecule has 0 fully saturated rings. The van der Waals surface area contributed by atoms with E-state index in [1.807, 2.05) is 12.1 Å². The third-order valence-corrected chi connectivity index (χ3v) is 2.86. The molecule has 3 rings (SSSR count). The summed E-state index contributed by atoms with van der Waals surface area (Å²) in [6.07, 6.45) is -3.70. The summed E-state index contributed by atoms with van der Waals surface area (Å²) in [7, 11) is 0. The largest absolute Gasteiger partial charge is 0.431 e. The Morgan fingerprint density at radius 2 is 1.26 bits per heavy atom. The first-order valence-corrected chi connectivity index (χ1v) is 6.70. The first-order valence-electron chi connectivity index (χ1n) is 6.70. The molecule has 0 unspecified atom stereocenters. The van der Waals surface area contributed by atoms with E-state index in [0.29, 0.717) is 6.07 Å². The van der Waals surface area contributed by atoms with E-state index in [0.717, 1.165) is 6.20 Å². The van der Waals surface area contributed by atoms with Crippen molar-refractivity contribution in [2.75, 3.05) is 0 Å². The molecule has 23 heavy (non-hydrogen) atoms. The molecule has 0 atom stereocenters. The minimum absolute atomic E-state index is 0.696. The van der Waals surface area contributed by atoms with Crippen LogP contribution in [0.1, 0.15) is 5.69 Å². The summed E-state index contributed by atoms with van der Waals surface area (Å²) in [4.78, 5) is 14.9. The van der Waals surface area contributed by atoms with E-state index in [9.17, 15) is 18.0 Å². The molecule has 3 aromatic rings. The third-order valence-electron chi connectivity index (χ3n) is 2.86. The van der Waals surface area contributed by atoms with E-state index in [1.165, 1.54) is 11.1 Å². The molecule has 0 radical (unpaired) electrons. The van der Waals surface area contributed by atoms with Crippen LogP contribution in [-0.4, -0.2) is 9.97 Å². The Morgan fingerprint density at radius 3 is 1.61 bits per heavy atom.